The first-order valence-corrected chi connectivity index (χ1v) is 13.7. The van der Waals surface area contributed by atoms with Crippen molar-refractivity contribution in [2.24, 2.45) is 11.8 Å². The number of para-hydroxylation sites is 1. The number of sulfonamides is 1. The molecule has 35 heavy (non-hydrogen) atoms. The van der Waals surface area contributed by atoms with Crippen LogP contribution in [0.5, 0.6) is 0 Å². The quantitative estimate of drug-likeness (QED) is 0.341. The Morgan fingerprint density at radius 3 is 2.26 bits per heavy atom. The summed E-state index contributed by atoms with van der Waals surface area (Å²) in [6, 6.07) is 20.8. The van der Waals surface area contributed by atoms with Crippen LogP contribution in [0.25, 0.3) is 21.7 Å². The van der Waals surface area contributed by atoms with Crippen molar-refractivity contribution in [1.82, 2.24) is 20.0 Å². The zero-order valence-corrected chi connectivity index (χ0v) is 20.5. The maximum atomic E-state index is 13.0. The Morgan fingerprint density at radius 1 is 0.800 bits per heavy atom. The molecule has 5 rings (SSSR count). The third-order valence-electron chi connectivity index (χ3n) is 6.96. The van der Waals surface area contributed by atoms with Gasteiger partial charge in [-0.05, 0) is 67.6 Å². The van der Waals surface area contributed by atoms with Crippen LogP contribution in [-0.2, 0) is 16.6 Å². The Bertz CT molecular complexity index is 1430. The highest BCUT2D eigenvalue weighted by molar-refractivity contribution is 7.89. The van der Waals surface area contributed by atoms with Crippen LogP contribution >= 0.6 is 0 Å². The molecule has 1 aliphatic carbocycles. The fourth-order valence-electron chi connectivity index (χ4n) is 4.99. The number of rotatable bonds is 8. The molecule has 0 aliphatic heterocycles. The van der Waals surface area contributed by atoms with Gasteiger partial charge in [0.05, 0.1) is 17.0 Å². The summed E-state index contributed by atoms with van der Waals surface area (Å²) in [5.74, 6) is 2.15. The van der Waals surface area contributed by atoms with Gasteiger partial charge in [0.25, 0.3) is 0 Å². The average Bonchev–Trinajstić information content (AvgIpc) is 2.88. The normalized spacial score (nSPS) is 18.7. The SMILES string of the molecule is Nc1nc(CNCC2CCC(CNS(=O)(=O)c3cccc4ccccc34)CC2)nc2ccccc12. The third kappa shape index (κ3) is 5.45. The Morgan fingerprint density at radius 2 is 1.46 bits per heavy atom. The van der Waals surface area contributed by atoms with Gasteiger partial charge >= 0.3 is 0 Å². The minimum Gasteiger partial charge on any atom is -0.383 e. The van der Waals surface area contributed by atoms with Crippen LogP contribution in [0.3, 0.4) is 0 Å². The van der Waals surface area contributed by atoms with E-state index in [-0.39, 0.29) is 0 Å². The summed E-state index contributed by atoms with van der Waals surface area (Å²) in [6.45, 7) is 1.96. The Hall–Kier alpha value is -3.07. The maximum absolute atomic E-state index is 13.0. The van der Waals surface area contributed by atoms with Gasteiger partial charge < -0.3 is 11.1 Å². The number of nitrogen functional groups attached to an aromatic ring is 1. The van der Waals surface area contributed by atoms with E-state index in [0.29, 0.717) is 41.5 Å². The maximum Gasteiger partial charge on any atom is 0.241 e. The summed E-state index contributed by atoms with van der Waals surface area (Å²) in [4.78, 5) is 9.38. The molecule has 4 aromatic rings. The molecule has 1 fully saturated rings. The van der Waals surface area contributed by atoms with Gasteiger partial charge in [0, 0.05) is 17.3 Å². The van der Waals surface area contributed by atoms with Gasteiger partial charge in [-0.3, -0.25) is 0 Å². The Labute approximate surface area is 206 Å². The van der Waals surface area contributed by atoms with Crippen LogP contribution in [0.4, 0.5) is 5.82 Å². The monoisotopic (exact) mass is 489 g/mol. The van der Waals surface area contributed by atoms with E-state index in [1.807, 2.05) is 54.6 Å². The summed E-state index contributed by atoms with van der Waals surface area (Å²) in [5, 5.41) is 6.05. The van der Waals surface area contributed by atoms with E-state index < -0.39 is 10.0 Å². The third-order valence-corrected chi connectivity index (χ3v) is 8.44. The standard InChI is InChI=1S/C27H31N5O2S/c28-27-23-9-3-4-10-24(23)31-26(32-27)18-29-16-19-12-14-20(15-13-19)17-30-35(33,34)25-11-5-7-21-6-1-2-8-22(21)25/h1-11,19-20,29-30H,12-18H2,(H2,28,31,32). The van der Waals surface area contributed by atoms with E-state index in [2.05, 4.69) is 20.0 Å². The molecule has 1 aromatic heterocycles. The lowest BCUT2D eigenvalue weighted by atomic mass is 9.82. The van der Waals surface area contributed by atoms with Gasteiger partial charge in [0.2, 0.25) is 10.0 Å². The summed E-state index contributed by atoms with van der Waals surface area (Å²) < 4.78 is 28.9. The number of anilines is 1. The Balaban J connectivity index is 1.09. The number of aromatic nitrogens is 2. The molecule has 1 heterocycles. The zero-order valence-electron chi connectivity index (χ0n) is 19.7. The van der Waals surface area contributed by atoms with Gasteiger partial charge in [-0.1, -0.05) is 48.5 Å². The molecule has 7 nitrogen and oxygen atoms in total. The van der Waals surface area contributed by atoms with Crippen molar-refractivity contribution < 1.29 is 8.42 Å². The Kier molecular flexibility index (Phi) is 6.95. The van der Waals surface area contributed by atoms with Crippen molar-refractivity contribution in [3.05, 3.63) is 72.6 Å². The first kappa shape index (κ1) is 23.7. The van der Waals surface area contributed by atoms with Crippen LogP contribution in [0, 0.1) is 11.8 Å². The molecule has 3 aromatic carbocycles. The van der Waals surface area contributed by atoms with Gasteiger partial charge in [-0.25, -0.2) is 23.1 Å². The van der Waals surface area contributed by atoms with Crippen molar-refractivity contribution in [2.75, 3.05) is 18.8 Å². The highest BCUT2D eigenvalue weighted by Crippen LogP contribution is 2.29. The lowest BCUT2D eigenvalue weighted by Crippen LogP contribution is -2.33. The van der Waals surface area contributed by atoms with Gasteiger partial charge in [-0.15, -0.1) is 0 Å². The van der Waals surface area contributed by atoms with Crippen LogP contribution in [0.15, 0.2) is 71.6 Å². The summed E-state index contributed by atoms with van der Waals surface area (Å²) in [5.41, 5.74) is 6.95. The van der Waals surface area contributed by atoms with Crippen molar-refractivity contribution in [1.29, 1.82) is 0 Å². The smallest absolute Gasteiger partial charge is 0.241 e. The lowest BCUT2D eigenvalue weighted by Gasteiger charge is -2.28. The summed E-state index contributed by atoms with van der Waals surface area (Å²) in [7, 11) is -3.55. The van der Waals surface area contributed by atoms with E-state index in [9.17, 15) is 8.42 Å². The first-order valence-electron chi connectivity index (χ1n) is 12.2. The van der Waals surface area contributed by atoms with Crippen molar-refractivity contribution in [3.8, 4) is 0 Å². The highest BCUT2D eigenvalue weighted by atomic mass is 32.2. The minimum atomic E-state index is -3.55. The number of nitrogens with two attached hydrogens (primary N) is 1. The van der Waals surface area contributed by atoms with Crippen LogP contribution < -0.4 is 15.8 Å². The van der Waals surface area contributed by atoms with E-state index in [4.69, 9.17) is 5.73 Å². The average molecular weight is 490 g/mol. The van der Waals surface area contributed by atoms with Crippen LogP contribution in [0.2, 0.25) is 0 Å². The predicted octanol–water partition coefficient (Wildman–Crippen LogP) is 4.24. The topological polar surface area (TPSA) is 110 Å². The molecule has 8 heteroatoms. The fraction of sp³-hybridized carbons (Fsp3) is 0.333. The fourth-order valence-corrected chi connectivity index (χ4v) is 6.34. The molecule has 1 aliphatic rings. The minimum absolute atomic E-state index is 0.352. The highest BCUT2D eigenvalue weighted by Gasteiger charge is 2.24. The second-order valence-corrected chi connectivity index (χ2v) is 11.1. The summed E-state index contributed by atoms with van der Waals surface area (Å²) in [6.07, 6.45) is 4.19. The number of fused-ring (bicyclic) bond motifs is 2. The zero-order chi connectivity index (χ0) is 24.3. The second kappa shape index (κ2) is 10.3. The molecule has 0 unspecified atom stereocenters. The molecule has 0 saturated heterocycles. The second-order valence-electron chi connectivity index (χ2n) is 9.39. The number of hydrogen-bond acceptors (Lipinski definition) is 6. The molecular weight excluding hydrogens is 458 g/mol. The van der Waals surface area contributed by atoms with Crippen LogP contribution in [-0.4, -0.2) is 31.5 Å². The predicted molar refractivity (Wildman–Crippen MR) is 140 cm³/mol. The lowest BCUT2D eigenvalue weighted by molar-refractivity contribution is 0.267. The number of nitrogens with zero attached hydrogens (tertiary/aromatic N) is 2. The largest absolute Gasteiger partial charge is 0.383 e. The molecule has 0 radical (unpaired) electrons. The molecule has 4 N–H and O–H groups in total. The van der Waals surface area contributed by atoms with E-state index in [0.717, 1.165) is 53.9 Å². The van der Waals surface area contributed by atoms with Crippen molar-refractivity contribution in [2.45, 2.75) is 37.1 Å². The van der Waals surface area contributed by atoms with E-state index >= 15 is 0 Å². The van der Waals surface area contributed by atoms with E-state index in [1.54, 1.807) is 12.1 Å². The molecule has 182 valence electrons. The van der Waals surface area contributed by atoms with Crippen molar-refractivity contribution in [3.63, 3.8) is 0 Å². The van der Waals surface area contributed by atoms with Gasteiger partial charge in [0.1, 0.15) is 11.6 Å². The van der Waals surface area contributed by atoms with E-state index in [1.165, 1.54) is 0 Å². The molecule has 0 spiro atoms. The van der Waals surface area contributed by atoms with Crippen LogP contribution in [0.1, 0.15) is 31.5 Å². The molecular formula is C27H31N5O2S. The molecule has 0 bridgehead atoms. The number of benzene rings is 3. The van der Waals surface area contributed by atoms with Gasteiger partial charge in [0.15, 0.2) is 0 Å². The summed E-state index contributed by atoms with van der Waals surface area (Å²) >= 11 is 0. The number of hydrogen-bond donors (Lipinski definition) is 3. The van der Waals surface area contributed by atoms with Crippen molar-refractivity contribution >= 4 is 37.5 Å². The molecule has 1 saturated carbocycles. The molecule has 0 atom stereocenters. The van der Waals surface area contributed by atoms with Gasteiger partial charge in [-0.2, -0.15) is 0 Å². The molecule has 0 amide bonds. The number of nitrogens with one attached hydrogen (secondary N) is 2. The first-order chi connectivity index (χ1) is 17.0.